The first-order chi connectivity index (χ1) is 15.9. The quantitative estimate of drug-likeness (QED) is 0.626. The van der Waals surface area contributed by atoms with Gasteiger partial charge in [-0.25, -0.2) is 4.79 Å². The number of methoxy groups -OCH3 is 1. The lowest BCUT2D eigenvalue weighted by Crippen LogP contribution is -2.68. The molecular formula is C25H30N6O2. The van der Waals surface area contributed by atoms with Crippen molar-refractivity contribution in [3.63, 3.8) is 0 Å². The van der Waals surface area contributed by atoms with Crippen LogP contribution in [0.1, 0.15) is 37.7 Å². The highest BCUT2D eigenvalue weighted by Crippen LogP contribution is 2.57. The molecule has 2 heterocycles. The highest BCUT2D eigenvalue weighted by atomic mass is 16.5. The van der Waals surface area contributed by atoms with Crippen molar-refractivity contribution in [1.29, 1.82) is 0 Å². The molecule has 3 aliphatic rings. The largest absolute Gasteiger partial charge is 0.468 e. The number of aromatic nitrogens is 2. The van der Waals surface area contributed by atoms with E-state index in [1.54, 1.807) is 11.1 Å². The van der Waals surface area contributed by atoms with Crippen LogP contribution in [0.3, 0.4) is 0 Å². The number of hydrogen-bond acceptors (Lipinski definition) is 5. The second-order valence-corrected chi connectivity index (χ2v) is 9.82. The molecule has 8 nitrogen and oxygen atoms in total. The predicted octanol–water partition coefficient (Wildman–Crippen LogP) is 4.07. The summed E-state index contributed by atoms with van der Waals surface area (Å²) in [6.07, 6.45) is 6.90. The number of carbonyl (C=O) groups excluding carboxylic acids is 1. The summed E-state index contributed by atoms with van der Waals surface area (Å²) >= 11 is 0. The number of ether oxygens (including phenoxy) is 1. The third-order valence-electron chi connectivity index (χ3n) is 7.87. The molecule has 33 heavy (non-hydrogen) atoms. The maximum absolute atomic E-state index is 13.8. The molecule has 1 aromatic heterocycles. The molecule has 2 amide bonds. The fraction of sp³-hybridized carbons (Fsp3) is 0.520. The lowest BCUT2D eigenvalue weighted by atomic mass is 9.58. The molecular weight excluding hydrogens is 416 g/mol. The Morgan fingerprint density at radius 1 is 1.24 bits per heavy atom. The summed E-state index contributed by atoms with van der Waals surface area (Å²) < 4.78 is 5.45. The zero-order valence-electron chi connectivity index (χ0n) is 19.5. The van der Waals surface area contributed by atoms with Crippen LogP contribution >= 0.6 is 0 Å². The van der Waals surface area contributed by atoms with Crippen LogP contribution in [0.25, 0.3) is 4.85 Å². The fourth-order valence-corrected chi connectivity index (χ4v) is 5.80. The van der Waals surface area contributed by atoms with Crippen LogP contribution in [0.4, 0.5) is 16.4 Å². The Hall–Kier alpha value is -3.18. The summed E-state index contributed by atoms with van der Waals surface area (Å²) in [7, 11) is 5.77. The molecule has 3 fully saturated rings. The summed E-state index contributed by atoms with van der Waals surface area (Å²) in [5.41, 5.74) is 1.46. The van der Waals surface area contributed by atoms with Crippen molar-refractivity contribution in [3.05, 3.63) is 53.5 Å². The number of amides is 2. The Balaban J connectivity index is 1.50. The molecule has 1 saturated heterocycles. The second kappa shape index (κ2) is 7.99. The van der Waals surface area contributed by atoms with Gasteiger partial charge >= 0.3 is 17.9 Å². The molecule has 5 rings (SSSR count). The minimum Gasteiger partial charge on any atom is -0.468 e. The molecule has 1 aromatic carbocycles. The Kier molecular flexibility index (Phi) is 5.25. The van der Waals surface area contributed by atoms with E-state index in [1.165, 1.54) is 31.9 Å². The van der Waals surface area contributed by atoms with E-state index in [-0.39, 0.29) is 28.9 Å². The van der Waals surface area contributed by atoms with Gasteiger partial charge in [-0.3, -0.25) is 9.80 Å². The van der Waals surface area contributed by atoms with E-state index in [4.69, 9.17) is 11.3 Å². The van der Waals surface area contributed by atoms with Crippen molar-refractivity contribution >= 4 is 17.7 Å². The zero-order chi connectivity index (χ0) is 23.2. The first-order valence-corrected chi connectivity index (χ1v) is 11.5. The number of urea groups is 1. The first kappa shape index (κ1) is 21.7. The van der Waals surface area contributed by atoms with E-state index in [0.29, 0.717) is 18.2 Å². The molecule has 1 aliphatic heterocycles. The number of hydrogen-bond donors (Lipinski definition) is 0. The van der Waals surface area contributed by atoms with E-state index in [1.807, 2.05) is 6.07 Å². The summed E-state index contributed by atoms with van der Waals surface area (Å²) in [6.45, 7) is 8.55. The van der Waals surface area contributed by atoms with Gasteiger partial charge in [-0.2, -0.15) is 4.98 Å². The average Bonchev–Trinajstić information content (AvgIpc) is 3.06. The van der Waals surface area contributed by atoms with Crippen LogP contribution in [0.15, 0.2) is 36.5 Å². The molecule has 1 spiro atoms. The summed E-state index contributed by atoms with van der Waals surface area (Å²) in [5.74, 6) is 0.855. The van der Waals surface area contributed by atoms with Gasteiger partial charge in [0.25, 0.3) is 0 Å². The van der Waals surface area contributed by atoms with Crippen LogP contribution in [0, 0.1) is 12.5 Å². The number of carbonyl (C=O) groups is 1. The van der Waals surface area contributed by atoms with Crippen molar-refractivity contribution < 1.29 is 9.53 Å². The second-order valence-electron chi connectivity index (χ2n) is 9.82. The zero-order valence-corrected chi connectivity index (χ0v) is 19.5. The molecule has 2 saturated carbocycles. The third kappa shape index (κ3) is 3.34. The number of benzene rings is 1. The Morgan fingerprint density at radius 3 is 2.55 bits per heavy atom. The predicted molar refractivity (Wildman–Crippen MR) is 125 cm³/mol. The van der Waals surface area contributed by atoms with Gasteiger partial charge in [0.2, 0.25) is 0 Å². The molecule has 2 aliphatic carbocycles. The first-order valence-electron chi connectivity index (χ1n) is 11.5. The summed E-state index contributed by atoms with van der Waals surface area (Å²) in [4.78, 5) is 31.6. The van der Waals surface area contributed by atoms with Crippen LogP contribution in [-0.2, 0) is 5.54 Å². The third-order valence-corrected chi connectivity index (χ3v) is 7.87. The molecule has 0 bridgehead atoms. The monoisotopic (exact) mass is 446 g/mol. The van der Waals surface area contributed by atoms with Gasteiger partial charge in [0, 0.05) is 6.54 Å². The Morgan fingerprint density at radius 2 is 1.97 bits per heavy atom. The van der Waals surface area contributed by atoms with E-state index >= 15 is 0 Å². The minimum atomic E-state index is -0.254. The van der Waals surface area contributed by atoms with E-state index in [0.717, 1.165) is 19.4 Å². The van der Waals surface area contributed by atoms with E-state index in [9.17, 15) is 4.79 Å². The molecule has 172 valence electrons. The van der Waals surface area contributed by atoms with Gasteiger partial charge in [0.05, 0.1) is 24.7 Å². The highest BCUT2D eigenvalue weighted by Gasteiger charge is 2.65. The molecule has 8 heteroatoms. The number of rotatable bonds is 6. The maximum Gasteiger partial charge on any atom is 0.374 e. The van der Waals surface area contributed by atoms with Gasteiger partial charge in [0.15, 0.2) is 5.69 Å². The van der Waals surface area contributed by atoms with E-state index in [2.05, 4.69) is 63.0 Å². The molecule has 0 atom stereocenters. The lowest BCUT2D eigenvalue weighted by Gasteiger charge is -2.61. The van der Waals surface area contributed by atoms with Gasteiger partial charge in [-0.15, -0.1) is 11.6 Å². The Bertz CT molecular complexity index is 1090. The van der Waals surface area contributed by atoms with Crippen molar-refractivity contribution in [2.75, 3.05) is 39.2 Å². The number of nitrogens with zero attached hydrogens (tertiary/aromatic N) is 6. The smallest absolute Gasteiger partial charge is 0.374 e. The Labute approximate surface area is 195 Å². The van der Waals surface area contributed by atoms with Crippen LogP contribution in [0.2, 0.25) is 0 Å². The van der Waals surface area contributed by atoms with E-state index < -0.39 is 0 Å². The van der Waals surface area contributed by atoms with Gasteiger partial charge in [0.1, 0.15) is 6.20 Å². The minimum absolute atomic E-state index is 0.0141. The SMILES string of the molecule is [C-]#[N+]c1ncc(N2CC3(CC(c4ccccc4)(N(C)C)C3)N(CC3CCC3)C2=O)c(OC)n1. The highest BCUT2D eigenvalue weighted by molar-refractivity contribution is 5.96. The van der Waals surface area contributed by atoms with Crippen molar-refractivity contribution in [2.24, 2.45) is 5.92 Å². The van der Waals surface area contributed by atoms with Crippen LogP contribution in [0.5, 0.6) is 5.88 Å². The number of anilines is 1. The molecule has 2 aromatic rings. The maximum atomic E-state index is 13.8. The topological polar surface area (TPSA) is 66.2 Å². The molecule has 0 N–H and O–H groups in total. The van der Waals surface area contributed by atoms with Crippen LogP contribution in [-0.4, -0.2) is 65.6 Å². The van der Waals surface area contributed by atoms with Crippen molar-refractivity contribution in [1.82, 2.24) is 19.8 Å². The average molecular weight is 447 g/mol. The normalized spacial score (nSPS) is 26.9. The van der Waals surface area contributed by atoms with Gasteiger partial charge in [-0.1, -0.05) is 36.8 Å². The van der Waals surface area contributed by atoms with Crippen molar-refractivity contribution in [2.45, 2.75) is 43.2 Å². The van der Waals surface area contributed by atoms with Gasteiger partial charge in [-0.05, 0) is 51.3 Å². The lowest BCUT2D eigenvalue weighted by molar-refractivity contribution is -0.0728. The van der Waals surface area contributed by atoms with Gasteiger partial charge < -0.3 is 14.5 Å². The summed E-state index contributed by atoms with van der Waals surface area (Å²) in [6, 6.07) is 10.6. The van der Waals surface area contributed by atoms with Crippen LogP contribution < -0.4 is 9.64 Å². The summed E-state index contributed by atoms with van der Waals surface area (Å²) in [5, 5.41) is 0. The van der Waals surface area contributed by atoms with Crippen molar-refractivity contribution in [3.8, 4) is 5.88 Å². The molecule has 0 radical (unpaired) electrons. The standard InChI is InChI=1S/C25H30N6O2/c1-26-22-27-13-20(21(28-22)33-4)30-17-24(31(23(30)32)14-18-9-8-10-18)15-25(16-24,29(2)3)19-11-6-5-7-12-19/h5-7,11-13,18H,8-10,14-17H2,2-4H3. The fourth-order valence-electron chi connectivity index (χ4n) is 5.80. The molecule has 0 unspecified atom stereocenters.